The Kier molecular flexibility index (Phi) is 5.55. The van der Waals surface area contributed by atoms with Gasteiger partial charge in [-0.2, -0.15) is 0 Å². The average molecular weight is 341 g/mol. The molecule has 2 heterocycles. The number of nitrogens with zero attached hydrogens (tertiary/aromatic N) is 4. The van der Waals surface area contributed by atoms with Gasteiger partial charge in [-0.3, -0.25) is 14.3 Å². The molecule has 0 bridgehead atoms. The third-order valence-corrected chi connectivity index (χ3v) is 4.50. The number of hydrogen-bond donors (Lipinski definition) is 1. The standard InChI is InChI=1S/C18H23N5O2/c19-8-10-23-13-16(20-21-23)18(25)22-9-4-7-15(12-22)17(24)11-14-5-2-1-3-6-14/h1-3,5-6,13,15H,4,7-12,19H2. The van der Waals surface area contributed by atoms with Crippen LogP contribution in [0.5, 0.6) is 0 Å². The van der Waals surface area contributed by atoms with Crippen molar-refractivity contribution in [2.24, 2.45) is 11.7 Å². The van der Waals surface area contributed by atoms with Crippen molar-refractivity contribution in [3.05, 3.63) is 47.8 Å². The molecule has 7 nitrogen and oxygen atoms in total. The maximum Gasteiger partial charge on any atom is 0.276 e. The monoisotopic (exact) mass is 341 g/mol. The number of benzene rings is 1. The van der Waals surface area contributed by atoms with Crippen LogP contribution in [-0.4, -0.2) is 51.2 Å². The third kappa shape index (κ3) is 4.30. The van der Waals surface area contributed by atoms with Gasteiger partial charge in [0.2, 0.25) is 0 Å². The topological polar surface area (TPSA) is 94.1 Å². The summed E-state index contributed by atoms with van der Waals surface area (Å²) in [4.78, 5) is 26.9. The summed E-state index contributed by atoms with van der Waals surface area (Å²) in [5.74, 6) is -0.0899. The lowest BCUT2D eigenvalue weighted by molar-refractivity contribution is -0.123. The lowest BCUT2D eigenvalue weighted by atomic mass is 9.90. The molecule has 0 radical (unpaired) electrons. The molecule has 1 atom stereocenters. The minimum absolute atomic E-state index is 0.114. The molecule has 2 aromatic rings. The molecule has 1 aliphatic heterocycles. The largest absolute Gasteiger partial charge is 0.336 e. The number of nitrogens with two attached hydrogens (primary N) is 1. The Balaban J connectivity index is 1.61. The average Bonchev–Trinajstić information content (AvgIpc) is 3.11. The van der Waals surface area contributed by atoms with E-state index in [0.717, 1.165) is 18.4 Å². The lowest BCUT2D eigenvalue weighted by Crippen LogP contribution is -2.42. The summed E-state index contributed by atoms with van der Waals surface area (Å²) >= 11 is 0. The fourth-order valence-electron chi connectivity index (χ4n) is 3.17. The molecule has 1 aromatic heterocycles. The van der Waals surface area contributed by atoms with Crippen LogP contribution in [0.1, 0.15) is 28.9 Å². The summed E-state index contributed by atoms with van der Waals surface area (Å²) in [6, 6.07) is 9.72. The molecule has 0 aliphatic carbocycles. The number of hydrogen-bond acceptors (Lipinski definition) is 5. The first-order chi connectivity index (χ1) is 12.2. The van der Waals surface area contributed by atoms with Gasteiger partial charge in [0.1, 0.15) is 5.78 Å². The highest BCUT2D eigenvalue weighted by atomic mass is 16.2. The fourth-order valence-corrected chi connectivity index (χ4v) is 3.17. The minimum Gasteiger partial charge on any atom is -0.336 e. The van der Waals surface area contributed by atoms with Gasteiger partial charge in [-0.25, -0.2) is 0 Å². The van der Waals surface area contributed by atoms with Crippen LogP contribution in [0.3, 0.4) is 0 Å². The van der Waals surface area contributed by atoms with Crippen LogP contribution < -0.4 is 5.73 Å². The first-order valence-corrected chi connectivity index (χ1v) is 8.63. The van der Waals surface area contributed by atoms with Crippen LogP contribution in [0.2, 0.25) is 0 Å². The maximum atomic E-state index is 12.6. The molecule has 0 spiro atoms. The van der Waals surface area contributed by atoms with Crippen molar-refractivity contribution in [1.29, 1.82) is 0 Å². The van der Waals surface area contributed by atoms with Crippen molar-refractivity contribution in [2.45, 2.75) is 25.8 Å². The molecule has 0 saturated carbocycles. The van der Waals surface area contributed by atoms with Crippen LogP contribution in [0.4, 0.5) is 0 Å². The van der Waals surface area contributed by atoms with Gasteiger partial charge in [0, 0.05) is 32.0 Å². The second-order valence-corrected chi connectivity index (χ2v) is 6.37. The SMILES string of the molecule is NCCn1cc(C(=O)N2CCCC(C(=O)Cc3ccccc3)C2)nn1. The van der Waals surface area contributed by atoms with Gasteiger partial charge in [0.05, 0.1) is 12.7 Å². The van der Waals surface area contributed by atoms with Gasteiger partial charge in [-0.15, -0.1) is 5.10 Å². The summed E-state index contributed by atoms with van der Waals surface area (Å²) in [5.41, 5.74) is 6.81. The molecule has 1 aromatic carbocycles. The zero-order valence-corrected chi connectivity index (χ0v) is 14.2. The predicted octanol–water partition coefficient (Wildman–Crippen LogP) is 0.901. The molecule has 132 valence electrons. The van der Waals surface area contributed by atoms with E-state index in [1.807, 2.05) is 30.3 Å². The highest BCUT2D eigenvalue weighted by molar-refractivity contribution is 5.92. The third-order valence-electron chi connectivity index (χ3n) is 4.50. The Morgan fingerprint density at radius 1 is 1.24 bits per heavy atom. The van der Waals surface area contributed by atoms with Crippen molar-refractivity contribution in [2.75, 3.05) is 19.6 Å². The van der Waals surface area contributed by atoms with Crippen LogP contribution >= 0.6 is 0 Å². The maximum absolute atomic E-state index is 12.6. The zero-order valence-electron chi connectivity index (χ0n) is 14.2. The van der Waals surface area contributed by atoms with Crippen LogP contribution in [0.15, 0.2) is 36.5 Å². The molecule has 1 saturated heterocycles. The fraction of sp³-hybridized carbons (Fsp3) is 0.444. The molecule has 1 fully saturated rings. The van der Waals surface area contributed by atoms with Crippen LogP contribution in [-0.2, 0) is 17.8 Å². The summed E-state index contributed by atoms with van der Waals surface area (Å²) in [7, 11) is 0. The van der Waals surface area contributed by atoms with E-state index in [0.29, 0.717) is 38.3 Å². The Morgan fingerprint density at radius 2 is 2.04 bits per heavy atom. The Morgan fingerprint density at radius 3 is 2.80 bits per heavy atom. The Bertz CT molecular complexity index is 728. The number of ketones is 1. The molecule has 25 heavy (non-hydrogen) atoms. The number of likely N-dealkylation sites (tertiary alicyclic amines) is 1. The van der Waals surface area contributed by atoms with E-state index < -0.39 is 0 Å². The van der Waals surface area contributed by atoms with E-state index in [9.17, 15) is 9.59 Å². The molecule has 1 amide bonds. The highest BCUT2D eigenvalue weighted by Crippen LogP contribution is 2.20. The normalized spacial score (nSPS) is 17.5. The summed E-state index contributed by atoms with van der Waals surface area (Å²) in [5, 5.41) is 7.83. The molecular formula is C18H23N5O2. The molecule has 1 aliphatic rings. The molecule has 2 N–H and O–H groups in total. The van der Waals surface area contributed by atoms with E-state index in [1.165, 1.54) is 0 Å². The number of rotatable bonds is 6. The van der Waals surface area contributed by atoms with Crippen molar-refractivity contribution >= 4 is 11.7 Å². The van der Waals surface area contributed by atoms with Crippen molar-refractivity contribution in [1.82, 2.24) is 19.9 Å². The van der Waals surface area contributed by atoms with Crippen LogP contribution in [0, 0.1) is 5.92 Å². The molecule has 1 unspecified atom stereocenters. The van der Waals surface area contributed by atoms with Gasteiger partial charge in [-0.05, 0) is 18.4 Å². The van der Waals surface area contributed by atoms with Gasteiger partial charge in [-0.1, -0.05) is 35.5 Å². The van der Waals surface area contributed by atoms with Crippen molar-refractivity contribution < 1.29 is 9.59 Å². The first kappa shape index (κ1) is 17.3. The summed E-state index contributed by atoms with van der Waals surface area (Å²) in [6.07, 6.45) is 3.69. The van der Waals surface area contributed by atoms with Gasteiger partial charge >= 0.3 is 0 Å². The smallest absolute Gasteiger partial charge is 0.276 e. The Hall–Kier alpha value is -2.54. The van der Waals surface area contributed by atoms with Gasteiger partial charge < -0.3 is 10.6 Å². The highest BCUT2D eigenvalue weighted by Gasteiger charge is 2.29. The quantitative estimate of drug-likeness (QED) is 0.842. The van der Waals surface area contributed by atoms with Gasteiger partial charge in [0.15, 0.2) is 5.69 Å². The van der Waals surface area contributed by atoms with Crippen molar-refractivity contribution in [3.63, 3.8) is 0 Å². The number of amides is 1. The minimum atomic E-state index is -0.166. The van der Waals surface area contributed by atoms with E-state index in [1.54, 1.807) is 15.8 Å². The Labute approximate surface area is 146 Å². The number of aromatic nitrogens is 3. The van der Waals surface area contributed by atoms with E-state index in [2.05, 4.69) is 10.3 Å². The second-order valence-electron chi connectivity index (χ2n) is 6.37. The first-order valence-electron chi connectivity index (χ1n) is 8.63. The lowest BCUT2D eigenvalue weighted by Gasteiger charge is -2.31. The van der Waals surface area contributed by atoms with Crippen molar-refractivity contribution in [3.8, 4) is 0 Å². The number of carbonyl (C=O) groups is 2. The van der Waals surface area contributed by atoms with Gasteiger partial charge in [0.25, 0.3) is 5.91 Å². The van der Waals surface area contributed by atoms with E-state index in [4.69, 9.17) is 5.73 Å². The molecule has 3 rings (SSSR count). The second kappa shape index (κ2) is 8.02. The molecular weight excluding hydrogens is 318 g/mol. The predicted molar refractivity (Wildman–Crippen MR) is 92.9 cm³/mol. The van der Waals surface area contributed by atoms with E-state index >= 15 is 0 Å². The van der Waals surface area contributed by atoms with E-state index in [-0.39, 0.29) is 17.6 Å². The number of carbonyl (C=O) groups excluding carboxylic acids is 2. The molecule has 7 heteroatoms. The summed E-state index contributed by atoms with van der Waals surface area (Å²) < 4.78 is 1.56. The summed E-state index contributed by atoms with van der Waals surface area (Å²) in [6.45, 7) is 2.07. The number of piperidine rings is 1. The van der Waals surface area contributed by atoms with Crippen LogP contribution in [0.25, 0.3) is 0 Å². The zero-order chi connectivity index (χ0) is 17.6. The number of Topliss-reactive ketones (excluding diaryl/α,β-unsaturated/α-hetero) is 1.